The van der Waals surface area contributed by atoms with Crippen LogP contribution in [0.5, 0.6) is 0 Å². The highest BCUT2D eigenvalue weighted by atomic mass is 15.7. The second kappa shape index (κ2) is 3.49. The first-order valence-electron chi connectivity index (χ1n) is 4.38. The van der Waals surface area contributed by atoms with Crippen molar-refractivity contribution in [2.45, 2.75) is 6.42 Å². The molecule has 2 N–H and O–H groups in total. The van der Waals surface area contributed by atoms with Gasteiger partial charge in [-0.1, -0.05) is 0 Å². The number of nitrogens with zero attached hydrogens (tertiary/aromatic N) is 2. The van der Waals surface area contributed by atoms with Gasteiger partial charge in [-0.2, -0.15) is 0 Å². The highest BCUT2D eigenvalue weighted by molar-refractivity contribution is 4.68. The Bertz CT molecular complexity index is 116. The standard InChI is InChI=1S/C7H16N4/c1-2-8-6-10(4-1)11-5-3-9-7-11/h8-9H,1-7H2. The third-order valence-electron chi connectivity index (χ3n) is 2.31. The average Bonchev–Trinajstić information content (AvgIpc) is 2.58. The molecule has 2 heterocycles. The maximum Gasteiger partial charge on any atom is 0.0624 e. The number of rotatable bonds is 1. The lowest BCUT2D eigenvalue weighted by molar-refractivity contribution is -0.0253. The molecule has 2 rings (SSSR count). The van der Waals surface area contributed by atoms with Crippen LogP contribution in [0.25, 0.3) is 0 Å². The zero-order valence-corrected chi connectivity index (χ0v) is 6.84. The third-order valence-corrected chi connectivity index (χ3v) is 2.31. The van der Waals surface area contributed by atoms with Crippen molar-refractivity contribution in [1.82, 2.24) is 20.7 Å². The second-order valence-corrected chi connectivity index (χ2v) is 3.13. The summed E-state index contributed by atoms with van der Waals surface area (Å²) in [4.78, 5) is 0. The molecule has 2 aliphatic heterocycles. The fourth-order valence-corrected chi connectivity index (χ4v) is 1.65. The molecule has 0 spiro atoms. The van der Waals surface area contributed by atoms with E-state index in [4.69, 9.17) is 0 Å². The van der Waals surface area contributed by atoms with E-state index in [1.165, 1.54) is 26.1 Å². The molecular formula is C7H16N4. The zero-order valence-electron chi connectivity index (χ0n) is 6.84. The van der Waals surface area contributed by atoms with Crippen LogP contribution in [0.4, 0.5) is 0 Å². The molecule has 0 aliphatic carbocycles. The lowest BCUT2D eigenvalue weighted by Crippen LogP contribution is -2.50. The summed E-state index contributed by atoms with van der Waals surface area (Å²) in [5.41, 5.74) is 0. The molecule has 0 unspecified atom stereocenters. The molecule has 2 saturated heterocycles. The van der Waals surface area contributed by atoms with E-state index in [1.807, 2.05) is 0 Å². The van der Waals surface area contributed by atoms with E-state index in [1.54, 1.807) is 0 Å². The molecule has 11 heavy (non-hydrogen) atoms. The number of hydrogen-bond donors (Lipinski definition) is 2. The Hall–Kier alpha value is -0.160. The molecule has 0 bridgehead atoms. The van der Waals surface area contributed by atoms with Crippen molar-refractivity contribution in [2.75, 3.05) is 39.5 Å². The molecule has 4 nitrogen and oxygen atoms in total. The van der Waals surface area contributed by atoms with Crippen LogP contribution >= 0.6 is 0 Å². The first-order valence-corrected chi connectivity index (χ1v) is 4.38. The molecule has 0 aromatic carbocycles. The van der Waals surface area contributed by atoms with Crippen molar-refractivity contribution < 1.29 is 0 Å². The molecule has 64 valence electrons. The van der Waals surface area contributed by atoms with E-state index >= 15 is 0 Å². The van der Waals surface area contributed by atoms with E-state index in [2.05, 4.69) is 20.7 Å². The SMILES string of the molecule is C1CNCN(N2CCNC2)C1. The summed E-state index contributed by atoms with van der Waals surface area (Å²) in [6.07, 6.45) is 1.27. The van der Waals surface area contributed by atoms with Gasteiger partial charge in [0.05, 0.1) is 13.3 Å². The summed E-state index contributed by atoms with van der Waals surface area (Å²) in [6, 6.07) is 0. The minimum absolute atomic E-state index is 1.03. The highest BCUT2D eigenvalue weighted by Crippen LogP contribution is 2.03. The van der Waals surface area contributed by atoms with Crippen LogP contribution in [-0.4, -0.2) is 49.5 Å². The third kappa shape index (κ3) is 1.70. The zero-order chi connectivity index (χ0) is 7.52. The van der Waals surface area contributed by atoms with Crippen LogP contribution < -0.4 is 10.6 Å². The van der Waals surface area contributed by atoms with Gasteiger partial charge < -0.3 is 10.6 Å². The van der Waals surface area contributed by atoms with Gasteiger partial charge in [-0.25, -0.2) is 10.0 Å². The smallest absolute Gasteiger partial charge is 0.0624 e. The molecular weight excluding hydrogens is 140 g/mol. The summed E-state index contributed by atoms with van der Waals surface area (Å²) < 4.78 is 0. The molecule has 2 aliphatic rings. The van der Waals surface area contributed by atoms with Crippen LogP contribution in [-0.2, 0) is 0 Å². The van der Waals surface area contributed by atoms with E-state index in [9.17, 15) is 0 Å². The topological polar surface area (TPSA) is 30.5 Å². The van der Waals surface area contributed by atoms with Crippen molar-refractivity contribution in [3.8, 4) is 0 Å². The molecule has 0 aromatic rings. The van der Waals surface area contributed by atoms with Gasteiger partial charge in [-0.05, 0) is 13.0 Å². The van der Waals surface area contributed by atoms with Gasteiger partial charge >= 0.3 is 0 Å². The molecule has 0 aromatic heterocycles. The molecule has 0 amide bonds. The Morgan fingerprint density at radius 2 is 1.55 bits per heavy atom. The monoisotopic (exact) mass is 156 g/mol. The van der Waals surface area contributed by atoms with Crippen molar-refractivity contribution >= 4 is 0 Å². The Morgan fingerprint density at radius 1 is 0.818 bits per heavy atom. The fraction of sp³-hybridized carbons (Fsp3) is 1.00. The van der Waals surface area contributed by atoms with Crippen LogP contribution in [0, 0.1) is 0 Å². The summed E-state index contributed by atoms with van der Waals surface area (Å²) in [7, 11) is 0. The molecule has 0 atom stereocenters. The normalized spacial score (nSPS) is 29.5. The first-order chi connectivity index (χ1) is 5.47. The van der Waals surface area contributed by atoms with Gasteiger partial charge in [-0.15, -0.1) is 0 Å². The molecule has 0 radical (unpaired) electrons. The number of hydrazine groups is 1. The summed E-state index contributed by atoms with van der Waals surface area (Å²) in [5.74, 6) is 0. The molecule has 4 heteroatoms. The van der Waals surface area contributed by atoms with Crippen molar-refractivity contribution in [3.05, 3.63) is 0 Å². The first kappa shape index (κ1) is 7.49. The highest BCUT2D eigenvalue weighted by Gasteiger charge is 2.19. The van der Waals surface area contributed by atoms with E-state index in [0.29, 0.717) is 0 Å². The van der Waals surface area contributed by atoms with E-state index in [-0.39, 0.29) is 0 Å². The van der Waals surface area contributed by atoms with Gasteiger partial charge in [0.1, 0.15) is 0 Å². The van der Waals surface area contributed by atoms with Crippen molar-refractivity contribution in [2.24, 2.45) is 0 Å². The maximum absolute atomic E-state index is 3.37. The van der Waals surface area contributed by atoms with Crippen molar-refractivity contribution in [3.63, 3.8) is 0 Å². The predicted octanol–water partition coefficient (Wildman–Crippen LogP) is -0.983. The Kier molecular flexibility index (Phi) is 2.38. The van der Waals surface area contributed by atoms with Crippen LogP contribution in [0.1, 0.15) is 6.42 Å². The lowest BCUT2D eigenvalue weighted by Gasteiger charge is -2.34. The van der Waals surface area contributed by atoms with Crippen LogP contribution in [0.3, 0.4) is 0 Å². The van der Waals surface area contributed by atoms with E-state index < -0.39 is 0 Å². The summed E-state index contributed by atoms with van der Waals surface area (Å²) >= 11 is 0. The van der Waals surface area contributed by atoms with Gasteiger partial charge in [-0.3, -0.25) is 0 Å². The Labute approximate surface area is 67.5 Å². The van der Waals surface area contributed by atoms with Crippen LogP contribution in [0.15, 0.2) is 0 Å². The van der Waals surface area contributed by atoms with Gasteiger partial charge in [0.15, 0.2) is 0 Å². The Balaban J connectivity index is 1.82. The average molecular weight is 156 g/mol. The van der Waals surface area contributed by atoms with E-state index in [0.717, 1.165) is 19.9 Å². The largest absolute Gasteiger partial charge is 0.303 e. The van der Waals surface area contributed by atoms with Crippen LogP contribution in [0.2, 0.25) is 0 Å². The lowest BCUT2D eigenvalue weighted by atomic mass is 10.4. The number of nitrogens with one attached hydrogen (secondary N) is 2. The maximum atomic E-state index is 3.37. The summed E-state index contributed by atoms with van der Waals surface area (Å²) in [5, 5.41) is 11.5. The van der Waals surface area contributed by atoms with Gasteiger partial charge in [0, 0.05) is 19.6 Å². The quantitative estimate of drug-likeness (QED) is 0.511. The molecule has 0 saturated carbocycles. The fourth-order valence-electron chi connectivity index (χ4n) is 1.65. The summed E-state index contributed by atoms with van der Waals surface area (Å²) in [6.45, 7) is 6.76. The Morgan fingerprint density at radius 3 is 2.18 bits per heavy atom. The number of hydrogen-bond acceptors (Lipinski definition) is 4. The van der Waals surface area contributed by atoms with Crippen molar-refractivity contribution in [1.29, 1.82) is 0 Å². The predicted molar refractivity (Wildman–Crippen MR) is 43.8 cm³/mol. The minimum atomic E-state index is 1.03. The van der Waals surface area contributed by atoms with Gasteiger partial charge in [0.2, 0.25) is 0 Å². The molecule has 2 fully saturated rings. The van der Waals surface area contributed by atoms with Gasteiger partial charge in [0.25, 0.3) is 0 Å². The second-order valence-electron chi connectivity index (χ2n) is 3.13. The minimum Gasteiger partial charge on any atom is -0.303 e.